The molecule has 28 heavy (non-hydrogen) atoms. The minimum Gasteiger partial charge on any atom is -0.366 e. The Hall–Kier alpha value is -3.05. The predicted molar refractivity (Wildman–Crippen MR) is 102 cm³/mol. The molecule has 3 rings (SSSR count). The maximum atomic E-state index is 12.5. The third-order valence-corrected chi connectivity index (χ3v) is 5.14. The lowest BCUT2D eigenvalue weighted by Crippen LogP contribution is -2.30. The third-order valence-electron chi connectivity index (χ3n) is 4.33. The molecule has 1 aliphatic heterocycles. The number of amides is 1. The van der Waals surface area contributed by atoms with E-state index in [1.54, 1.807) is 12.1 Å². The number of thiazole rings is 1. The van der Waals surface area contributed by atoms with Crippen LogP contribution in [0.2, 0.25) is 0 Å². The monoisotopic (exact) mass is 406 g/mol. The van der Waals surface area contributed by atoms with Crippen molar-refractivity contribution < 1.29 is 24.7 Å². The lowest BCUT2D eigenvalue weighted by Gasteiger charge is -2.28. The van der Waals surface area contributed by atoms with E-state index in [2.05, 4.69) is 15.2 Å². The van der Waals surface area contributed by atoms with Gasteiger partial charge in [0.1, 0.15) is 5.69 Å². The first-order valence-corrected chi connectivity index (χ1v) is 9.49. The van der Waals surface area contributed by atoms with Crippen LogP contribution in [0.15, 0.2) is 23.6 Å². The molecule has 1 saturated heterocycles. The standard InChI is InChI=1S/C17H18N4O6S/c22-15(27-26)9-12-10-28-17(18-12)19-16(23)11-4-5-13(14(8-11)21(24)25)20-6-2-1-3-7-20/h4-5,8,10,26H,1-3,6-7,9H2,(H,18,19,23). The van der Waals surface area contributed by atoms with Crippen LogP contribution in [0.4, 0.5) is 16.5 Å². The molecule has 0 spiro atoms. The van der Waals surface area contributed by atoms with Crippen LogP contribution in [0.5, 0.6) is 0 Å². The molecule has 2 aromatic rings. The molecule has 0 radical (unpaired) electrons. The Kier molecular flexibility index (Phi) is 6.16. The van der Waals surface area contributed by atoms with Crippen molar-refractivity contribution in [2.75, 3.05) is 23.3 Å². The minimum absolute atomic E-state index is 0.111. The second kappa shape index (κ2) is 8.76. The number of benzene rings is 1. The van der Waals surface area contributed by atoms with E-state index < -0.39 is 16.8 Å². The molecule has 2 N–H and O–H groups in total. The minimum atomic E-state index is -0.868. The average Bonchev–Trinajstić information content (AvgIpc) is 3.14. The second-order valence-corrected chi connectivity index (χ2v) is 7.10. The van der Waals surface area contributed by atoms with Gasteiger partial charge in [0.2, 0.25) is 0 Å². The van der Waals surface area contributed by atoms with E-state index in [1.165, 1.54) is 11.4 Å². The van der Waals surface area contributed by atoms with Gasteiger partial charge >= 0.3 is 5.97 Å². The van der Waals surface area contributed by atoms with Crippen molar-refractivity contribution in [1.82, 2.24) is 4.98 Å². The van der Waals surface area contributed by atoms with Gasteiger partial charge in [-0.3, -0.25) is 20.2 Å². The van der Waals surface area contributed by atoms with Crippen molar-refractivity contribution in [3.8, 4) is 0 Å². The fourth-order valence-corrected chi connectivity index (χ4v) is 3.71. The number of anilines is 2. The smallest absolute Gasteiger partial charge is 0.348 e. The molecule has 2 heterocycles. The number of piperidine rings is 1. The number of carbonyl (C=O) groups excluding carboxylic acids is 2. The fourth-order valence-electron chi connectivity index (χ4n) is 3.01. The van der Waals surface area contributed by atoms with Crippen molar-refractivity contribution in [2.45, 2.75) is 25.7 Å². The molecule has 0 unspecified atom stereocenters. The van der Waals surface area contributed by atoms with E-state index in [4.69, 9.17) is 5.26 Å². The van der Waals surface area contributed by atoms with E-state index >= 15 is 0 Å². The van der Waals surface area contributed by atoms with E-state index in [9.17, 15) is 19.7 Å². The first kappa shape index (κ1) is 19.7. The predicted octanol–water partition coefficient (Wildman–Crippen LogP) is 2.85. The highest BCUT2D eigenvalue weighted by Gasteiger charge is 2.23. The number of rotatable bonds is 6. The number of nitro groups is 1. The molecule has 1 aromatic heterocycles. The summed E-state index contributed by atoms with van der Waals surface area (Å²) in [5, 5.41) is 24.1. The molecule has 10 nitrogen and oxygen atoms in total. The molecule has 0 saturated carbocycles. The summed E-state index contributed by atoms with van der Waals surface area (Å²) in [7, 11) is 0. The number of hydrogen-bond acceptors (Lipinski definition) is 9. The number of hydrogen-bond donors (Lipinski definition) is 2. The normalized spacial score (nSPS) is 13.8. The zero-order valence-corrected chi connectivity index (χ0v) is 15.6. The summed E-state index contributed by atoms with van der Waals surface area (Å²) in [6.07, 6.45) is 2.83. The van der Waals surface area contributed by atoms with Crippen LogP contribution < -0.4 is 10.2 Å². The van der Waals surface area contributed by atoms with Crippen molar-refractivity contribution in [3.05, 3.63) is 45.0 Å². The van der Waals surface area contributed by atoms with Crippen LogP contribution in [0.1, 0.15) is 35.3 Å². The molecule has 0 atom stereocenters. The van der Waals surface area contributed by atoms with Gasteiger partial charge < -0.3 is 9.79 Å². The van der Waals surface area contributed by atoms with Crippen molar-refractivity contribution in [1.29, 1.82) is 0 Å². The van der Waals surface area contributed by atoms with Crippen LogP contribution in [0.25, 0.3) is 0 Å². The molecule has 1 aliphatic rings. The maximum Gasteiger partial charge on any atom is 0.348 e. The highest BCUT2D eigenvalue weighted by atomic mass is 32.1. The Labute approximate surface area is 163 Å². The van der Waals surface area contributed by atoms with Gasteiger partial charge in [0.15, 0.2) is 5.13 Å². The van der Waals surface area contributed by atoms with Gasteiger partial charge in [0, 0.05) is 30.1 Å². The molecule has 1 amide bonds. The summed E-state index contributed by atoms with van der Waals surface area (Å²) < 4.78 is 0. The van der Waals surface area contributed by atoms with Gasteiger partial charge in [0.05, 0.1) is 17.0 Å². The molecule has 1 fully saturated rings. The van der Waals surface area contributed by atoms with Gasteiger partial charge in [-0.25, -0.2) is 9.78 Å². The van der Waals surface area contributed by atoms with E-state index in [-0.39, 0.29) is 22.8 Å². The Bertz CT molecular complexity index is 894. The Morgan fingerprint density at radius 3 is 2.75 bits per heavy atom. The zero-order chi connectivity index (χ0) is 20.1. The molecule has 1 aromatic carbocycles. The maximum absolute atomic E-state index is 12.5. The highest BCUT2D eigenvalue weighted by Crippen LogP contribution is 2.31. The van der Waals surface area contributed by atoms with Crippen LogP contribution in [-0.2, 0) is 16.1 Å². The zero-order valence-electron chi connectivity index (χ0n) is 14.8. The summed E-state index contributed by atoms with van der Waals surface area (Å²) in [6, 6.07) is 4.41. The second-order valence-electron chi connectivity index (χ2n) is 6.25. The van der Waals surface area contributed by atoms with Gasteiger partial charge in [0.25, 0.3) is 11.6 Å². The first-order valence-electron chi connectivity index (χ1n) is 8.61. The Morgan fingerprint density at radius 2 is 2.07 bits per heavy atom. The summed E-state index contributed by atoms with van der Waals surface area (Å²) >= 11 is 1.09. The fraction of sp³-hybridized carbons (Fsp3) is 0.353. The molecule has 148 valence electrons. The van der Waals surface area contributed by atoms with Crippen molar-refractivity contribution in [2.24, 2.45) is 0 Å². The highest BCUT2D eigenvalue weighted by molar-refractivity contribution is 7.14. The Morgan fingerprint density at radius 1 is 1.32 bits per heavy atom. The van der Waals surface area contributed by atoms with E-state index in [0.717, 1.165) is 43.7 Å². The van der Waals surface area contributed by atoms with Crippen LogP contribution in [-0.4, -0.2) is 40.1 Å². The quantitative estimate of drug-likeness (QED) is 0.425. The van der Waals surface area contributed by atoms with E-state index in [0.29, 0.717) is 11.4 Å². The number of carbonyl (C=O) groups is 2. The number of nitrogens with zero attached hydrogens (tertiary/aromatic N) is 3. The Balaban J connectivity index is 1.75. The molecule has 0 bridgehead atoms. The lowest BCUT2D eigenvalue weighted by molar-refractivity contribution is -0.384. The van der Waals surface area contributed by atoms with Crippen LogP contribution >= 0.6 is 11.3 Å². The van der Waals surface area contributed by atoms with Crippen molar-refractivity contribution >= 4 is 39.7 Å². The lowest BCUT2D eigenvalue weighted by atomic mass is 10.1. The van der Waals surface area contributed by atoms with Gasteiger partial charge in [-0.15, -0.1) is 11.3 Å². The van der Waals surface area contributed by atoms with Gasteiger partial charge in [-0.1, -0.05) is 0 Å². The van der Waals surface area contributed by atoms with Crippen LogP contribution in [0.3, 0.4) is 0 Å². The summed E-state index contributed by atoms with van der Waals surface area (Å²) in [5.74, 6) is -1.41. The largest absolute Gasteiger partial charge is 0.366 e. The SMILES string of the molecule is O=C(Cc1csc(NC(=O)c2ccc(N3CCCCC3)c([N+](=O)[O-])c2)n1)OO. The van der Waals surface area contributed by atoms with E-state index in [1.807, 2.05) is 4.90 Å². The first-order chi connectivity index (χ1) is 13.5. The molecule has 0 aliphatic carbocycles. The van der Waals surface area contributed by atoms with Gasteiger partial charge in [-0.2, -0.15) is 5.26 Å². The molecular weight excluding hydrogens is 388 g/mol. The van der Waals surface area contributed by atoms with Gasteiger partial charge in [-0.05, 0) is 31.4 Å². The molecule has 11 heteroatoms. The summed E-state index contributed by atoms with van der Waals surface area (Å²) in [4.78, 5) is 44.1. The molecular formula is C17H18N4O6S. The number of nitro benzene ring substituents is 1. The summed E-state index contributed by atoms with van der Waals surface area (Å²) in [5.41, 5.74) is 0.866. The van der Waals surface area contributed by atoms with Crippen LogP contribution in [0, 0.1) is 10.1 Å². The summed E-state index contributed by atoms with van der Waals surface area (Å²) in [6.45, 7) is 1.51. The average molecular weight is 406 g/mol. The topological polar surface area (TPSA) is 135 Å². The third kappa shape index (κ3) is 4.61. The number of nitrogens with one attached hydrogen (secondary N) is 1. The number of aromatic nitrogens is 1. The van der Waals surface area contributed by atoms with Crippen molar-refractivity contribution in [3.63, 3.8) is 0 Å².